The molecule has 8 heteroatoms. The lowest BCUT2D eigenvalue weighted by atomic mass is 9.83. The fourth-order valence-corrected chi connectivity index (χ4v) is 7.51. The van der Waals surface area contributed by atoms with Crippen LogP contribution in [0.2, 0.25) is 0 Å². The molecule has 2 amide bonds. The maximum atomic E-state index is 13.3. The highest BCUT2D eigenvalue weighted by atomic mass is 32.2. The van der Waals surface area contributed by atoms with Crippen molar-refractivity contribution >= 4 is 39.7 Å². The van der Waals surface area contributed by atoms with Gasteiger partial charge in [0.1, 0.15) is 23.2 Å². The quantitative estimate of drug-likeness (QED) is 0.107. The maximum Gasteiger partial charge on any atom is 0.338 e. The van der Waals surface area contributed by atoms with Crippen LogP contribution in [0.4, 0.5) is 4.79 Å². The molecular formula is C40H43NO6S. The van der Waals surface area contributed by atoms with Crippen molar-refractivity contribution < 1.29 is 28.6 Å². The maximum absolute atomic E-state index is 13.3. The van der Waals surface area contributed by atoms with Crippen LogP contribution in [0.3, 0.4) is 0 Å². The molecule has 4 aromatic rings. The number of amides is 2. The van der Waals surface area contributed by atoms with Crippen molar-refractivity contribution in [3.05, 3.63) is 107 Å². The minimum Gasteiger partial charge on any atom is -0.493 e. The lowest BCUT2D eigenvalue weighted by Crippen LogP contribution is -2.44. The van der Waals surface area contributed by atoms with Gasteiger partial charge >= 0.3 is 5.97 Å². The number of ether oxygens (including phenoxy) is 3. The van der Waals surface area contributed by atoms with Crippen LogP contribution in [0.1, 0.15) is 79.4 Å². The van der Waals surface area contributed by atoms with E-state index >= 15 is 0 Å². The number of nitrogens with one attached hydrogen (secondary N) is 1. The van der Waals surface area contributed by atoms with Crippen LogP contribution in [0, 0.1) is 0 Å². The van der Waals surface area contributed by atoms with Crippen LogP contribution in [0.15, 0.2) is 84.9 Å². The van der Waals surface area contributed by atoms with E-state index in [1.54, 1.807) is 0 Å². The van der Waals surface area contributed by atoms with Crippen molar-refractivity contribution in [2.75, 3.05) is 6.61 Å². The number of unbranched alkanes of at least 4 members (excludes halogenated alkanes) is 2. The standard InChI is InChI=1S/C40H43NO6S/c1-3-4-5-8-28-11-14-31-19-20-40(47-35(31)23-28,26-27(2)46-38(43)33-16-15-30-9-6-7-10-32(30)25-33)21-22-45-34-17-12-29(13-18-34)24-36-37(42)41-39(44)48-36/h6-7,9-18,23,25,27,36H,3-5,8,19-22,24,26H2,1-2H3,(H,41,42,44). The van der Waals surface area contributed by atoms with Gasteiger partial charge in [0.05, 0.1) is 17.4 Å². The molecule has 0 aromatic heterocycles. The highest BCUT2D eigenvalue weighted by Gasteiger charge is 2.39. The molecule has 0 bridgehead atoms. The molecule has 250 valence electrons. The normalized spacial score (nSPS) is 19.3. The van der Waals surface area contributed by atoms with E-state index in [4.69, 9.17) is 14.2 Å². The summed E-state index contributed by atoms with van der Waals surface area (Å²) in [6, 6.07) is 27.9. The number of imide groups is 1. The fraction of sp³-hybridized carbons (Fsp3) is 0.375. The van der Waals surface area contributed by atoms with Crippen molar-refractivity contribution in [2.24, 2.45) is 0 Å². The van der Waals surface area contributed by atoms with E-state index in [1.165, 1.54) is 24.0 Å². The van der Waals surface area contributed by atoms with E-state index in [-0.39, 0.29) is 23.2 Å². The topological polar surface area (TPSA) is 90.9 Å². The van der Waals surface area contributed by atoms with Crippen LogP contribution in [-0.4, -0.2) is 40.7 Å². The Kier molecular flexibility index (Phi) is 10.7. The van der Waals surface area contributed by atoms with Gasteiger partial charge in [-0.25, -0.2) is 4.79 Å². The number of aryl methyl sites for hydroxylation is 2. The SMILES string of the molecule is CCCCCc1ccc2c(c1)OC(CCOc1ccc(CC3SC(=O)NC3=O)cc1)(CC(C)OC(=O)c1ccc3ccccc3c1)CC2. The average Bonchev–Trinajstić information content (AvgIpc) is 3.40. The van der Waals surface area contributed by atoms with E-state index in [0.29, 0.717) is 31.4 Å². The molecule has 0 saturated carbocycles. The Morgan fingerprint density at radius 1 is 0.979 bits per heavy atom. The van der Waals surface area contributed by atoms with Gasteiger partial charge in [-0.3, -0.25) is 14.9 Å². The zero-order valence-electron chi connectivity index (χ0n) is 27.7. The summed E-state index contributed by atoms with van der Waals surface area (Å²) in [5.41, 5.74) is 3.41. The molecule has 1 N–H and O–H groups in total. The van der Waals surface area contributed by atoms with Crippen molar-refractivity contribution in [3.63, 3.8) is 0 Å². The van der Waals surface area contributed by atoms with Crippen LogP contribution in [0.5, 0.6) is 11.5 Å². The molecule has 0 aliphatic carbocycles. The summed E-state index contributed by atoms with van der Waals surface area (Å²) in [6.45, 7) is 4.58. The van der Waals surface area contributed by atoms with E-state index in [1.807, 2.05) is 73.7 Å². The zero-order valence-corrected chi connectivity index (χ0v) is 28.5. The zero-order chi connectivity index (χ0) is 33.5. The first-order valence-corrected chi connectivity index (χ1v) is 17.9. The molecule has 3 atom stereocenters. The minimum atomic E-state index is -0.572. The summed E-state index contributed by atoms with van der Waals surface area (Å²) in [7, 11) is 0. The van der Waals surface area contributed by atoms with Gasteiger partial charge in [-0.05, 0) is 96.8 Å². The summed E-state index contributed by atoms with van der Waals surface area (Å²) in [5, 5.41) is 3.72. The molecular weight excluding hydrogens is 623 g/mol. The fourth-order valence-electron chi connectivity index (χ4n) is 6.65. The minimum absolute atomic E-state index is 0.241. The Balaban J connectivity index is 1.13. The van der Waals surface area contributed by atoms with Gasteiger partial charge in [0.2, 0.25) is 5.91 Å². The van der Waals surface area contributed by atoms with Gasteiger partial charge < -0.3 is 14.2 Å². The van der Waals surface area contributed by atoms with Gasteiger partial charge in [-0.2, -0.15) is 0 Å². The number of carbonyl (C=O) groups is 3. The summed E-state index contributed by atoms with van der Waals surface area (Å²) < 4.78 is 19.1. The molecule has 48 heavy (non-hydrogen) atoms. The third-order valence-corrected chi connectivity index (χ3v) is 10.2. The lowest BCUT2D eigenvalue weighted by Gasteiger charge is -2.40. The molecule has 0 spiro atoms. The van der Waals surface area contributed by atoms with E-state index in [9.17, 15) is 14.4 Å². The first-order valence-electron chi connectivity index (χ1n) is 17.0. The molecule has 7 nitrogen and oxygen atoms in total. The van der Waals surface area contributed by atoms with E-state index in [0.717, 1.165) is 65.3 Å². The van der Waals surface area contributed by atoms with E-state index in [2.05, 4.69) is 30.4 Å². The highest BCUT2D eigenvalue weighted by Crippen LogP contribution is 2.39. The summed E-state index contributed by atoms with van der Waals surface area (Å²) >= 11 is 1.03. The van der Waals surface area contributed by atoms with Gasteiger partial charge in [0, 0.05) is 12.8 Å². The monoisotopic (exact) mass is 665 g/mol. The van der Waals surface area contributed by atoms with Gasteiger partial charge in [0.15, 0.2) is 0 Å². The van der Waals surface area contributed by atoms with Crippen LogP contribution in [0.25, 0.3) is 10.8 Å². The summed E-state index contributed by atoms with van der Waals surface area (Å²) in [5.74, 6) is 1.06. The number of esters is 1. The van der Waals surface area contributed by atoms with Crippen LogP contribution >= 0.6 is 11.8 Å². The molecule has 2 aliphatic rings. The Bertz CT molecular complexity index is 1770. The Morgan fingerprint density at radius 3 is 2.54 bits per heavy atom. The molecule has 1 saturated heterocycles. The third kappa shape index (κ3) is 8.40. The Labute approximate surface area is 286 Å². The van der Waals surface area contributed by atoms with Gasteiger partial charge in [-0.1, -0.05) is 86.1 Å². The predicted molar refractivity (Wildman–Crippen MR) is 190 cm³/mol. The first kappa shape index (κ1) is 33.6. The Morgan fingerprint density at radius 2 is 1.77 bits per heavy atom. The summed E-state index contributed by atoms with van der Waals surface area (Å²) in [6.07, 6.45) is 7.48. The lowest BCUT2D eigenvalue weighted by molar-refractivity contribution is -0.118. The van der Waals surface area contributed by atoms with Gasteiger partial charge in [0.25, 0.3) is 5.24 Å². The second-order valence-corrected chi connectivity index (χ2v) is 14.2. The first-order chi connectivity index (χ1) is 23.3. The number of thioether (sulfide) groups is 1. The second-order valence-electron chi connectivity index (χ2n) is 13.0. The largest absolute Gasteiger partial charge is 0.493 e. The molecule has 6 rings (SSSR count). The van der Waals surface area contributed by atoms with E-state index < -0.39 is 10.9 Å². The smallest absolute Gasteiger partial charge is 0.338 e. The molecule has 4 aromatic carbocycles. The average molecular weight is 666 g/mol. The second kappa shape index (κ2) is 15.3. The Hall–Kier alpha value is -4.30. The van der Waals surface area contributed by atoms with Gasteiger partial charge in [-0.15, -0.1) is 0 Å². The van der Waals surface area contributed by atoms with Crippen LogP contribution < -0.4 is 14.8 Å². The number of hydrogen-bond acceptors (Lipinski definition) is 7. The summed E-state index contributed by atoms with van der Waals surface area (Å²) in [4.78, 5) is 36.7. The van der Waals surface area contributed by atoms with Crippen molar-refractivity contribution in [1.82, 2.24) is 5.32 Å². The molecule has 2 heterocycles. The van der Waals surface area contributed by atoms with Crippen molar-refractivity contribution in [3.8, 4) is 11.5 Å². The third-order valence-electron chi connectivity index (χ3n) is 9.27. The molecule has 0 radical (unpaired) electrons. The number of rotatable bonds is 14. The predicted octanol–water partition coefficient (Wildman–Crippen LogP) is 8.64. The van der Waals surface area contributed by atoms with Crippen LogP contribution in [-0.2, 0) is 28.8 Å². The number of benzene rings is 4. The highest BCUT2D eigenvalue weighted by molar-refractivity contribution is 8.15. The number of carbonyl (C=O) groups excluding carboxylic acids is 3. The number of fused-ring (bicyclic) bond motifs is 2. The van der Waals surface area contributed by atoms with Crippen molar-refractivity contribution in [2.45, 2.75) is 88.6 Å². The van der Waals surface area contributed by atoms with Crippen molar-refractivity contribution in [1.29, 1.82) is 0 Å². The molecule has 1 fully saturated rings. The molecule has 2 aliphatic heterocycles. The number of hydrogen-bond donors (Lipinski definition) is 1. The molecule has 3 unspecified atom stereocenters.